The van der Waals surface area contributed by atoms with E-state index in [2.05, 4.69) is 21.2 Å². The first-order valence-corrected chi connectivity index (χ1v) is 7.56. The van der Waals surface area contributed by atoms with E-state index in [0.717, 1.165) is 10.0 Å². The van der Waals surface area contributed by atoms with Gasteiger partial charge in [-0.25, -0.2) is 0 Å². The highest BCUT2D eigenvalue weighted by Crippen LogP contribution is 2.24. The van der Waals surface area contributed by atoms with Crippen LogP contribution in [0.2, 0.25) is 5.02 Å². The van der Waals surface area contributed by atoms with Crippen LogP contribution in [0.1, 0.15) is 24.1 Å². The summed E-state index contributed by atoms with van der Waals surface area (Å²) in [4.78, 5) is 10.6. The fourth-order valence-corrected chi connectivity index (χ4v) is 2.64. The van der Waals surface area contributed by atoms with E-state index >= 15 is 0 Å². The lowest BCUT2D eigenvalue weighted by Crippen LogP contribution is -2.18. The Morgan fingerprint density at radius 1 is 1.33 bits per heavy atom. The van der Waals surface area contributed by atoms with E-state index in [9.17, 15) is 10.1 Å². The Kier molecular flexibility index (Phi) is 5.33. The maximum atomic E-state index is 11.0. The Labute approximate surface area is 136 Å². The molecule has 6 heteroatoms. The molecule has 2 rings (SSSR count). The minimum Gasteiger partial charge on any atom is -0.306 e. The van der Waals surface area contributed by atoms with Gasteiger partial charge in [-0.3, -0.25) is 10.1 Å². The van der Waals surface area contributed by atoms with Crippen LogP contribution in [0.15, 0.2) is 46.9 Å². The van der Waals surface area contributed by atoms with Crippen molar-refractivity contribution >= 4 is 33.2 Å². The standard InChI is InChI=1S/C15H14BrClN2O2/c1-10(11-3-2-4-13(16)7-11)18-9-12-8-14(17)5-6-15(12)19(20)21/h2-8,10,18H,9H2,1H3. The first kappa shape index (κ1) is 15.9. The summed E-state index contributed by atoms with van der Waals surface area (Å²) in [6.45, 7) is 2.39. The lowest BCUT2D eigenvalue weighted by molar-refractivity contribution is -0.385. The Morgan fingerprint density at radius 3 is 2.76 bits per heavy atom. The molecule has 2 aromatic carbocycles. The van der Waals surface area contributed by atoms with Crippen LogP contribution in [-0.2, 0) is 6.54 Å². The molecule has 0 saturated carbocycles. The summed E-state index contributed by atoms with van der Waals surface area (Å²) in [5.74, 6) is 0. The lowest BCUT2D eigenvalue weighted by Gasteiger charge is -2.15. The van der Waals surface area contributed by atoms with E-state index in [4.69, 9.17) is 11.6 Å². The number of nitrogens with one attached hydrogen (secondary N) is 1. The second-order valence-corrected chi connectivity index (χ2v) is 6.04. The zero-order chi connectivity index (χ0) is 15.4. The van der Waals surface area contributed by atoms with Crippen LogP contribution in [0.4, 0.5) is 5.69 Å². The molecule has 0 spiro atoms. The van der Waals surface area contributed by atoms with E-state index in [1.165, 1.54) is 12.1 Å². The Morgan fingerprint density at radius 2 is 2.10 bits per heavy atom. The van der Waals surface area contributed by atoms with Gasteiger partial charge in [-0.15, -0.1) is 0 Å². The van der Waals surface area contributed by atoms with Gasteiger partial charge >= 0.3 is 0 Å². The van der Waals surface area contributed by atoms with Crippen LogP contribution in [0.5, 0.6) is 0 Å². The average Bonchev–Trinajstić information content (AvgIpc) is 2.44. The quantitative estimate of drug-likeness (QED) is 0.605. The van der Waals surface area contributed by atoms with Crippen molar-refractivity contribution in [3.05, 3.63) is 73.2 Å². The van der Waals surface area contributed by atoms with E-state index < -0.39 is 4.92 Å². The highest BCUT2D eigenvalue weighted by Gasteiger charge is 2.15. The molecule has 0 bridgehead atoms. The van der Waals surface area contributed by atoms with Crippen molar-refractivity contribution in [1.29, 1.82) is 0 Å². The topological polar surface area (TPSA) is 55.2 Å². The third kappa shape index (κ3) is 4.27. The first-order chi connectivity index (χ1) is 9.97. The maximum absolute atomic E-state index is 11.0. The van der Waals surface area contributed by atoms with Crippen molar-refractivity contribution in [2.45, 2.75) is 19.5 Å². The zero-order valence-corrected chi connectivity index (χ0v) is 13.7. The molecule has 4 nitrogen and oxygen atoms in total. The molecule has 0 heterocycles. The third-order valence-corrected chi connectivity index (χ3v) is 3.91. The number of rotatable bonds is 5. The zero-order valence-electron chi connectivity index (χ0n) is 11.3. The van der Waals surface area contributed by atoms with Crippen molar-refractivity contribution < 1.29 is 4.92 Å². The van der Waals surface area contributed by atoms with Crippen LogP contribution in [0, 0.1) is 10.1 Å². The molecule has 0 radical (unpaired) electrons. The van der Waals surface area contributed by atoms with E-state index in [1.54, 1.807) is 6.07 Å². The van der Waals surface area contributed by atoms with Crippen LogP contribution in [0.3, 0.4) is 0 Å². The smallest absolute Gasteiger partial charge is 0.273 e. The Bertz CT molecular complexity index is 664. The van der Waals surface area contributed by atoms with Crippen molar-refractivity contribution in [3.8, 4) is 0 Å². The number of benzene rings is 2. The number of hydrogen-bond acceptors (Lipinski definition) is 3. The largest absolute Gasteiger partial charge is 0.306 e. The molecule has 110 valence electrons. The van der Waals surface area contributed by atoms with Gasteiger partial charge in [0.25, 0.3) is 5.69 Å². The predicted octanol–water partition coefficient (Wildman–Crippen LogP) is 4.86. The van der Waals surface area contributed by atoms with E-state index in [0.29, 0.717) is 17.1 Å². The van der Waals surface area contributed by atoms with Gasteiger partial charge in [0, 0.05) is 33.7 Å². The van der Waals surface area contributed by atoms with Crippen molar-refractivity contribution in [2.24, 2.45) is 0 Å². The molecular weight excluding hydrogens is 356 g/mol. The second-order valence-electron chi connectivity index (χ2n) is 4.69. The minimum atomic E-state index is -0.392. The normalized spacial score (nSPS) is 12.1. The molecule has 2 aromatic rings. The number of halogens is 2. The molecule has 0 aliphatic carbocycles. The van der Waals surface area contributed by atoms with Crippen molar-refractivity contribution in [1.82, 2.24) is 5.32 Å². The average molecular weight is 370 g/mol. The van der Waals surface area contributed by atoms with E-state index in [-0.39, 0.29) is 11.7 Å². The molecular formula is C15H14BrClN2O2. The van der Waals surface area contributed by atoms with Crippen molar-refractivity contribution in [2.75, 3.05) is 0 Å². The third-order valence-electron chi connectivity index (χ3n) is 3.19. The Balaban J connectivity index is 2.12. The maximum Gasteiger partial charge on any atom is 0.273 e. The van der Waals surface area contributed by atoms with Gasteiger partial charge in [-0.1, -0.05) is 39.7 Å². The molecule has 0 aliphatic heterocycles. The molecule has 0 amide bonds. The molecule has 21 heavy (non-hydrogen) atoms. The fraction of sp³-hybridized carbons (Fsp3) is 0.200. The summed E-state index contributed by atoms with van der Waals surface area (Å²) in [5, 5.41) is 14.8. The van der Waals surface area contributed by atoms with Crippen LogP contribution in [0.25, 0.3) is 0 Å². The highest BCUT2D eigenvalue weighted by atomic mass is 79.9. The van der Waals surface area contributed by atoms with Gasteiger partial charge in [-0.2, -0.15) is 0 Å². The van der Waals surface area contributed by atoms with Gasteiger partial charge in [0.15, 0.2) is 0 Å². The van der Waals surface area contributed by atoms with Crippen molar-refractivity contribution in [3.63, 3.8) is 0 Å². The summed E-state index contributed by atoms with van der Waals surface area (Å²) < 4.78 is 1.00. The summed E-state index contributed by atoms with van der Waals surface area (Å²) in [6, 6.07) is 12.6. The van der Waals surface area contributed by atoms with Crippen LogP contribution < -0.4 is 5.32 Å². The molecule has 1 unspecified atom stereocenters. The van der Waals surface area contributed by atoms with Gasteiger partial charge in [0.1, 0.15) is 0 Å². The second kappa shape index (κ2) is 7.02. The fourth-order valence-electron chi connectivity index (χ4n) is 2.03. The Hall–Kier alpha value is -1.43. The summed E-state index contributed by atoms with van der Waals surface area (Å²) in [7, 11) is 0. The molecule has 0 fully saturated rings. The lowest BCUT2D eigenvalue weighted by atomic mass is 10.1. The predicted molar refractivity (Wildman–Crippen MR) is 87.5 cm³/mol. The van der Waals surface area contributed by atoms with Crippen LogP contribution >= 0.6 is 27.5 Å². The minimum absolute atomic E-state index is 0.0704. The summed E-state index contributed by atoms with van der Waals surface area (Å²) >= 11 is 9.35. The number of hydrogen-bond donors (Lipinski definition) is 1. The molecule has 0 aliphatic rings. The SMILES string of the molecule is CC(NCc1cc(Cl)ccc1[N+](=O)[O-])c1cccc(Br)c1. The summed E-state index contributed by atoms with van der Waals surface area (Å²) in [5.41, 5.74) is 1.76. The van der Waals surface area contributed by atoms with Gasteiger partial charge in [0.05, 0.1) is 4.92 Å². The van der Waals surface area contributed by atoms with E-state index in [1.807, 2.05) is 31.2 Å². The van der Waals surface area contributed by atoms with Gasteiger partial charge in [0.2, 0.25) is 0 Å². The van der Waals surface area contributed by atoms with Gasteiger partial charge in [-0.05, 0) is 36.8 Å². The molecule has 0 aromatic heterocycles. The highest BCUT2D eigenvalue weighted by molar-refractivity contribution is 9.10. The molecule has 1 atom stereocenters. The summed E-state index contributed by atoms with van der Waals surface area (Å²) in [6.07, 6.45) is 0. The first-order valence-electron chi connectivity index (χ1n) is 6.39. The molecule has 0 saturated heterocycles. The van der Waals surface area contributed by atoms with Gasteiger partial charge < -0.3 is 5.32 Å². The monoisotopic (exact) mass is 368 g/mol. The molecule has 1 N–H and O–H groups in total. The number of nitrogens with zero attached hydrogens (tertiary/aromatic N) is 1. The number of nitro groups is 1. The number of nitro benzene ring substituents is 1. The van der Waals surface area contributed by atoms with Crippen LogP contribution in [-0.4, -0.2) is 4.92 Å².